The molecule has 5 aromatic rings. The van der Waals surface area contributed by atoms with Gasteiger partial charge in [-0.15, -0.1) is 0 Å². The van der Waals surface area contributed by atoms with Crippen molar-refractivity contribution >= 4 is 22.3 Å². The number of ketones is 2. The maximum absolute atomic E-state index is 13.4. The minimum atomic E-state index is -0.623. The Morgan fingerprint density at radius 1 is 0.686 bits per heavy atom. The second kappa shape index (κ2) is 8.72. The number of H-pyrrole nitrogens is 1. The highest BCUT2D eigenvalue weighted by atomic mass is 16.3. The summed E-state index contributed by atoms with van der Waals surface area (Å²) in [6.07, 6.45) is 0. The summed E-state index contributed by atoms with van der Waals surface area (Å²) in [5, 5.41) is 21.0. The minimum Gasteiger partial charge on any atom is -0.508 e. The minimum absolute atomic E-state index is 0.000127. The number of fused-ring (bicyclic) bond motifs is 1. The van der Waals surface area contributed by atoms with Crippen LogP contribution in [0.4, 0.5) is 0 Å². The second-order valence-electron chi connectivity index (χ2n) is 7.95. The molecule has 0 amide bonds. The molecular weight excluding hydrogens is 444 g/mol. The molecule has 0 saturated carbocycles. The molecule has 1 heterocycles. The summed E-state index contributed by atoms with van der Waals surface area (Å²) in [7, 11) is 0. The molecule has 0 unspecified atom stereocenters. The van der Waals surface area contributed by atoms with E-state index < -0.39 is 17.1 Å². The molecule has 0 saturated heterocycles. The standard InChI is InChI=1S/C28H18N2O5/c31-21-11-7-17(8-12-21)26(33)24-25(27(34)18-9-13-22(32)14-10-18)30-28(35)23(29-24)20-6-5-16-3-1-2-4-19(16)15-20/h1-15,31-32H,(H,30,35). The van der Waals surface area contributed by atoms with Gasteiger partial charge in [0.05, 0.1) is 0 Å². The van der Waals surface area contributed by atoms with Crippen LogP contribution in [0.25, 0.3) is 22.0 Å². The van der Waals surface area contributed by atoms with Gasteiger partial charge in [-0.2, -0.15) is 0 Å². The van der Waals surface area contributed by atoms with Crippen molar-refractivity contribution in [3.63, 3.8) is 0 Å². The van der Waals surface area contributed by atoms with Gasteiger partial charge in [-0.1, -0.05) is 36.4 Å². The van der Waals surface area contributed by atoms with Crippen molar-refractivity contribution < 1.29 is 19.8 Å². The Balaban J connectivity index is 1.70. The molecule has 5 rings (SSSR count). The van der Waals surface area contributed by atoms with Gasteiger partial charge in [-0.25, -0.2) is 4.98 Å². The Hall–Kier alpha value is -5.04. The van der Waals surface area contributed by atoms with E-state index in [1.165, 1.54) is 48.5 Å². The van der Waals surface area contributed by atoms with Gasteiger partial charge >= 0.3 is 0 Å². The third kappa shape index (κ3) is 4.18. The first-order valence-corrected chi connectivity index (χ1v) is 10.7. The Kier molecular flexibility index (Phi) is 5.43. The van der Waals surface area contributed by atoms with Crippen LogP contribution in [0.15, 0.2) is 95.8 Å². The molecule has 7 nitrogen and oxygen atoms in total. The second-order valence-corrected chi connectivity index (χ2v) is 7.95. The largest absolute Gasteiger partial charge is 0.508 e. The highest BCUT2D eigenvalue weighted by molar-refractivity contribution is 6.18. The Morgan fingerprint density at radius 3 is 1.89 bits per heavy atom. The van der Waals surface area contributed by atoms with Gasteiger partial charge in [0.15, 0.2) is 0 Å². The van der Waals surface area contributed by atoms with Crippen molar-refractivity contribution in [2.75, 3.05) is 0 Å². The third-order valence-electron chi connectivity index (χ3n) is 5.64. The number of hydrogen-bond donors (Lipinski definition) is 3. The summed E-state index contributed by atoms with van der Waals surface area (Å²) < 4.78 is 0. The van der Waals surface area contributed by atoms with Crippen molar-refractivity contribution in [2.45, 2.75) is 0 Å². The average molecular weight is 462 g/mol. The molecule has 0 fully saturated rings. The molecule has 1 aromatic heterocycles. The fraction of sp³-hybridized carbons (Fsp3) is 0. The monoisotopic (exact) mass is 462 g/mol. The summed E-state index contributed by atoms with van der Waals surface area (Å²) >= 11 is 0. The number of nitrogens with one attached hydrogen (secondary N) is 1. The van der Waals surface area contributed by atoms with Crippen molar-refractivity contribution in [1.29, 1.82) is 0 Å². The van der Waals surface area contributed by atoms with Crippen LogP contribution in [0.2, 0.25) is 0 Å². The fourth-order valence-corrected chi connectivity index (χ4v) is 3.82. The molecule has 0 spiro atoms. The molecule has 0 radical (unpaired) electrons. The number of carbonyl (C=O) groups is 2. The van der Waals surface area contributed by atoms with Crippen molar-refractivity contribution in [3.05, 3.63) is 124 Å². The Bertz CT molecular complexity index is 1650. The number of benzene rings is 4. The van der Waals surface area contributed by atoms with Gasteiger partial charge in [0.25, 0.3) is 5.56 Å². The number of phenolic OH excluding ortho intramolecular Hbond substituents is 2. The van der Waals surface area contributed by atoms with Gasteiger partial charge in [0.1, 0.15) is 28.6 Å². The first kappa shape index (κ1) is 21.8. The predicted octanol–water partition coefficient (Wildman–Crippen LogP) is 4.46. The van der Waals surface area contributed by atoms with E-state index in [2.05, 4.69) is 9.97 Å². The lowest BCUT2D eigenvalue weighted by molar-refractivity contribution is 0.0995. The molecule has 35 heavy (non-hydrogen) atoms. The number of carbonyl (C=O) groups excluding carboxylic acids is 2. The highest BCUT2D eigenvalue weighted by Crippen LogP contribution is 2.24. The molecule has 0 bridgehead atoms. The van der Waals surface area contributed by atoms with Gasteiger partial charge in [0, 0.05) is 16.7 Å². The number of aromatic amines is 1. The fourth-order valence-electron chi connectivity index (χ4n) is 3.82. The molecular formula is C28H18N2O5. The van der Waals surface area contributed by atoms with Gasteiger partial charge in [-0.3, -0.25) is 14.4 Å². The van der Waals surface area contributed by atoms with Crippen LogP contribution in [0.1, 0.15) is 32.1 Å². The van der Waals surface area contributed by atoms with Crippen molar-refractivity contribution in [1.82, 2.24) is 9.97 Å². The number of hydrogen-bond acceptors (Lipinski definition) is 6. The van der Waals surface area contributed by atoms with Crippen LogP contribution in [0, 0.1) is 0 Å². The Morgan fingerprint density at radius 2 is 1.26 bits per heavy atom. The third-order valence-corrected chi connectivity index (χ3v) is 5.64. The Labute approximate surface area is 199 Å². The van der Waals surface area contributed by atoms with E-state index in [1.807, 2.05) is 30.3 Å². The maximum Gasteiger partial charge on any atom is 0.275 e. The van der Waals surface area contributed by atoms with Gasteiger partial charge in [0.2, 0.25) is 11.6 Å². The molecule has 0 aliphatic carbocycles. The average Bonchev–Trinajstić information content (AvgIpc) is 2.88. The molecule has 0 aliphatic heterocycles. The predicted molar refractivity (Wildman–Crippen MR) is 131 cm³/mol. The number of aromatic hydroxyl groups is 2. The quantitative estimate of drug-likeness (QED) is 0.332. The van der Waals surface area contributed by atoms with E-state index in [0.717, 1.165) is 10.8 Å². The van der Waals surface area contributed by atoms with Gasteiger partial charge < -0.3 is 15.2 Å². The molecule has 3 N–H and O–H groups in total. The molecule has 0 aliphatic rings. The van der Waals surface area contributed by atoms with E-state index in [9.17, 15) is 24.6 Å². The van der Waals surface area contributed by atoms with Crippen LogP contribution >= 0.6 is 0 Å². The molecule has 0 atom stereocenters. The van der Waals surface area contributed by atoms with Crippen LogP contribution < -0.4 is 5.56 Å². The van der Waals surface area contributed by atoms with E-state index in [4.69, 9.17) is 0 Å². The van der Waals surface area contributed by atoms with E-state index in [0.29, 0.717) is 5.56 Å². The zero-order chi connectivity index (χ0) is 24.5. The summed E-state index contributed by atoms with van der Waals surface area (Å²) in [4.78, 5) is 46.7. The topological polar surface area (TPSA) is 120 Å². The SMILES string of the molecule is O=C(c1ccc(O)cc1)c1nc(-c2ccc3ccccc3c2)c(=O)[nH]c1C(=O)c1ccc(O)cc1. The number of phenols is 2. The highest BCUT2D eigenvalue weighted by Gasteiger charge is 2.25. The van der Waals surface area contributed by atoms with E-state index in [1.54, 1.807) is 12.1 Å². The summed E-state index contributed by atoms with van der Waals surface area (Å²) in [5.41, 5.74) is -0.261. The smallest absolute Gasteiger partial charge is 0.275 e. The lowest BCUT2D eigenvalue weighted by Gasteiger charge is -2.11. The summed E-state index contributed by atoms with van der Waals surface area (Å²) in [6.45, 7) is 0. The van der Waals surface area contributed by atoms with Crippen LogP contribution in [-0.2, 0) is 0 Å². The summed E-state index contributed by atoms with van der Waals surface area (Å²) in [6, 6.07) is 24.0. The van der Waals surface area contributed by atoms with Crippen molar-refractivity contribution in [2.24, 2.45) is 0 Å². The number of aromatic nitrogens is 2. The zero-order valence-corrected chi connectivity index (χ0v) is 18.2. The number of nitrogens with zero attached hydrogens (tertiary/aromatic N) is 1. The zero-order valence-electron chi connectivity index (χ0n) is 18.2. The molecule has 4 aromatic carbocycles. The normalized spacial score (nSPS) is 10.9. The van der Waals surface area contributed by atoms with Crippen LogP contribution in [-0.4, -0.2) is 31.7 Å². The first-order chi connectivity index (χ1) is 16.9. The molecule has 7 heteroatoms. The first-order valence-electron chi connectivity index (χ1n) is 10.7. The van der Waals surface area contributed by atoms with Crippen LogP contribution in [0.3, 0.4) is 0 Å². The molecule has 170 valence electrons. The van der Waals surface area contributed by atoms with Gasteiger partial charge in [-0.05, 0) is 65.4 Å². The lowest BCUT2D eigenvalue weighted by Crippen LogP contribution is -2.23. The van der Waals surface area contributed by atoms with E-state index >= 15 is 0 Å². The van der Waals surface area contributed by atoms with Crippen molar-refractivity contribution in [3.8, 4) is 22.8 Å². The van der Waals surface area contributed by atoms with E-state index in [-0.39, 0.29) is 39.7 Å². The lowest BCUT2D eigenvalue weighted by atomic mass is 10.00. The number of rotatable bonds is 5. The van der Waals surface area contributed by atoms with Crippen LogP contribution in [0.5, 0.6) is 11.5 Å². The maximum atomic E-state index is 13.4. The summed E-state index contributed by atoms with van der Waals surface area (Å²) in [5.74, 6) is -1.26.